The van der Waals surface area contributed by atoms with Crippen LogP contribution in [0, 0.1) is 0 Å². The summed E-state index contributed by atoms with van der Waals surface area (Å²) >= 11 is 0. The average molecular weight is 1170 g/mol. The van der Waals surface area contributed by atoms with Crippen molar-refractivity contribution in [1.29, 1.82) is 0 Å². The fourth-order valence-electron chi connectivity index (χ4n) is 10.2. The van der Waals surface area contributed by atoms with Crippen LogP contribution in [0.25, 0.3) is 0 Å². The van der Waals surface area contributed by atoms with E-state index in [0.717, 1.165) is 103 Å². The van der Waals surface area contributed by atoms with Crippen LogP contribution in [-0.4, -0.2) is 193 Å². The molecule has 3 fully saturated rings. The maximum atomic E-state index is 13.3. The SMILES string of the molecule is CC/C=C\C/C=C\C/C=C\C/C=C\C/C=C\CCCCCCCCCC(=O)NC(COC1OC(CO)C(OC2OC(CO)C(OC3OC(CO)C(O)C(O)C3O)C(O)C2O)C(O)C1O)C(O)/C=C/CCCCCCCCCCCCCC. The molecule has 0 aromatic heterocycles. The Balaban J connectivity index is 1.48. The van der Waals surface area contributed by atoms with E-state index in [1.54, 1.807) is 6.08 Å². The van der Waals surface area contributed by atoms with Crippen LogP contribution in [0.5, 0.6) is 0 Å². The standard InChI is InChI=1S/C63H109NO18/c1-3-5-7-9-11-13-15-17-19-20-21-22-23-24-25-26-27-29-31-33-35-37-39-41-51(69)64-46(47(68)40-38-36-34-32-30-28-18-16-14-12-10-8-6-4-2)45-77-61-57(75)54(72)59(49(43-66)79-61)82-63-58(76)55(73)60(50(44-67)80-63)81-62-56(74)53(71)52(70)48(42-65)78-62/h5,7,11,13,17,19,21-22,24-25,38,40,46-50,52-63,65-68,70-76H,3-4,6,8-10,12,14-16,18,20,23,26-37,39,41-45H2,1-2H3,(H,64,69)/b7-5-,13-11-,19-17-,22-21-,25-24-,40-38+. The number of rotatable bonds is 45. The monoisotopic (exact) mass is 1170 g/mol. The molecule has 12 N–H and O–H groups in total. The molecule has 0 radical (unpaired) electrons. The van der Waals surface area contributed by atoms with Gasteiger partial charge < -0.3 is 89.9 Å². The number of nitrogens with one attached hydrogen (secondary N) is 1. The fourth-order valence-corrected chi connectivity index (χ4v) is 10.2. The lowest BCUT2D eigenvalue weighted by molar-refractivity contribution is -0.379. The first-order valence-corrected chi connectivity index (χ1v) is 31.2. The minimum Gasteiger partial charge on any atom is -0.394 e. The van der Waals surface area contributed by atoms with Crippen LogP contribution in [0.3, 0.4) is 0 Å². The molecule has 474 valence electrons. The minimum atomic E-state index is -1.98. The van der Waals surface area contributed by atoms with Crippen LogP contribution in [0.4, 0.5) is 0 Å². The van der Waals surface area contributed by atoms with E-state index in [9.17, 15) is 61.0 Å². The van der Waals surface area contributed by atoms with Gasteiger partial charge in [-0.2, -0.15) is 0 Å². The minimum absolute atomic E-state index is 0.226. The molecule has 3 aliphatic rings. The normalized spacial score (nSPS) is 30.1. The molecule has 19 heteroatoms. The molecule has 1 amide bonds. The molecule has 0 aromatic carbocycles. The molecule has 82 heavy (non-hydrogen) atoms. The zero-order valence-electron chi connectivity index (χ0n) is 49.4. The van der Waals surface area contributed by atoms with Crippen LogP contribution in [0.1, 0.15) is 187 Å². The second kappa shape index (κ2) is 45.5. The zero-order chi connectivity index (χ0) is 59.7. The molecule has 3 heterocycles. The number of carbonyl (C=O) groups is 1. The molecular formula is C63H109NO18. The highest BCUT2D eigenvalue weighted by Crippen LogP contribution is 2.33. The number of carbonyl (C=O) groups excluding carboxylic acids is 1. The molecule has 17 atom stereocenters. The summed E-state index contributed by atoms with van der Waals surface area (Å²) < 4.78 is 34.2. The van der Waals surface area contributed by atoms with E-state index in [4.69, 9.17) is 28.4 Å². The molecule has 17 unspecified atom stereocenters. The number of hydrogen-bond donors (Lipinski definition) is 12. The molecule has 0 spiro atoms. The third kappa shape index (κ3) is 28.6. The third-order valence-corrected chi connectivity index (χ3v) is 15.3. The Bertz CT molecular complexity index is 1780. The van der Waals surface area contributed by atoms with Crippen molar-refractivity contribution in [1.82, 2.24) is 5.32 Å². The lowest BCUT2D eigenvalue weighted by atomic mass is 9.96. The van der Waals surface area contributed by atoms with Gasteiger partial charge in [-0.05, 0) is 64.2 Å². The summed E-state index contributed by atoms with van der Waals surface area (Å²) in [6.07, 6.45) is 27.3. The predicted molar refractivity (Wildman–Crippen MR) is 314 cm³/mol. The van der Waals surface area contributed by atoms with Gasteiger partial charge in [0.05, 0.1) is 38.6 Å². The number of allylic oxidation sites excluding steroid dienone is 11. The van der Waals surface area contributed by atoms with E-state index in [1.807, 2.05) is 6.08 Å². The summed E-state index contributed by atoms with van der Waals surface area (Å²) in [7, 11) is 0. The van der Waals surface area contributed by atoms with Crippen molar-refractivity contribution >= 4 is 5.91 Å². The molecule has 0 bridgehead atoms. The summed E-state index contributed by atoms with van der Waals surface area (Å²) in [5.41, 5.74) is 0. The molecule has 19 nitrogen and oxygen atoms in total. The van der Waals surface area contributed by atoms with E-state index in [2.05, 4.69) is 79.9 Å². The zero-order valence-corrected chi connectivity index (χ0v) is 49.4. The number of amides is 1. The van der Waals surface area contributed by atoms with E-state index in [-0.39, 0.29) is 18.9 Å². The Morgan fingerprint density at radius 3 is 1.32 bits per heavy atom. The summed E-state index contributed by atoms with van der Waals surface area (Å²) in [6, 6.07) is -0.982. The molecule has 3 saturated heterocycles. The van der Waals surface area contributed by atoms with Gasteiger partial charge in [0.1, 0.15) is 73.2 Å². The van der Waals surface area contributed by atoms with Crippen molar-refractivity contribution in [2.24, 2.45) is 0 Å². The van der Waals surface area contributed by atoms with Gasteiger partial charge in [0.2, 0.25) is 5.91 Å². The van der Waals surface area contributed by atoms with Crippen LogP contribution >= 0.6 is 0 Å². The number of hydrogen-bond acceptors (Lipinski definition) is 18. The number of aliphatic hydroxyl groups excluding tert-OH is 11. The lowest BCUT2D eigenvalue weighted by Gasteiger charge is -2.48. The first-order chi connectivity index (χ1) is 39.8. The Labute approximate surface area is 489 Å². The van der Waals surface area contributed by atoms with E-state index in [0.29, 0.717) is 6.42 Å². The Hall–Kier alpha value is -2.77. The van der Waals surface area contributed by atoms with Gasteiger partial charge in [0, 0.05) is 6.42 Å². The molecule has 3 rings (SSSR count). The van der Waals surface area contributed by atoms with Crippen molar-refractivity contribution in [3.63, 3.8) is 0 Å². The Kier molecular flexibility index (Phi) is 40.8. The van der Waals surface area contributed by atoms with Crippen LogP contribution in [-0.2, 0) is 33.2 Å². The Morgan fingerprint density at radius 2 is 0.841 bits per heavy atom. The molecular weight excluding hydrogens is 1060 g/mol. The number of aliphatic hydroxyl groups is 11. The van der Waals surface area contributed by atoms with Crippen molar-refractivity contribution in [2.45, 2.75) is 291 Å². The summed E-state index contributed by atoms with van der Waals surface area (Å²) in [4.78, 5) is 13.3. The summed E-state index contributed by atoms with van der Waals surface area (Å²) in [5, 5.41) is 120. The van der Waals surface area contributed by atoms with Gasteiger partial charge in [-0.15, -0.1) is 0 Å². The van der Waals surface area contributed by atoms with Crippen LogP contribution < -0.4 is 5.32 Å². The van der Waals surface area contributed by atoms with Gasteiger partial charge in [-0.25, -0.2) is 0 Å². The molecule has 0 aliphatic carbocycles. The van der Waals surface area contributed by atoms with Crippen LogP contribution in [0.15, 0.2) is 72.9 Å². The van der Waals surface area contributed by atoms with Crippen LogP contribution in [0.2, 0.25) is 0 Å². The average Bonchev–Trinajstić information content (AvgIpc) is 3.14. The second-order valence-corrected chi connectivity index (χ2v) is 22.1. The quantitative estimate of drug-likeness (QED) is 0.0238. The first-order valence-electron chi connectivity index (χ1n) is 31.2. The molecule has 3 aliphatic heterocycles. The summed E-state index contributed by atoms with van der Waals surface area (Å²) in [5.74, 6) is -0.291. The van der Waals surface area contributed by atoms with Crippen molar-refractivity contribution in [3.05, 3.63) is 72.9 Å². The van der Waals surface area contributed by atoms with E-state index >= 15 is 0 Å². The Morgan fingerprint density at radius 1 is 0.451 bits per heavy atom. The van der Waals surface area contributed by atoms with E-state index < -0.39 is 124 Å². The first kappa shape index (κ1) is 73.5. The van der Waals surface area contributed by atoms with Crippen molar-refractivity contribution < 1.29 is 89.4 Å². The second-order valence-electron chi connectivity index (χ2n) is 22.1. The smallest absolute Gasteiger partial charge is 0.220 e. The molecule has 0 aromatic rings. The highest BCUT2D eigenvalue weighted by molar-refractivity contribution is 5.76. The fraction of sp³-hybridized carbons (Fsp3) is 0.794. The lowest BCUT2D eigenvalue weighted by Crippen LogP contribution is -2.66. The van der Waals surface area contributed by atoms with Gasteiger partial charge in [0.25, 0.3) is 0 Å². The maximum absolute atomic E-state index is 13.3. The predicted octanol–water partition coefficient (Wildman–Crippen LogP) is 6.21. The van der Waals surface area contributed by atoms with Crippen molar-refractivity contribution in [2.75, 3.05) is 26.4 Å². The summed E-state index contributed by atoms with van der Waals surface area (Å²) in [6.45, 7) is 1.58. The topological polar surface area (TPSA) is 307 Å². The highest BCUT2D eigenvalue weighted by Gasteiger charge is 2.53. The number of unbranched alkanes of at least 4 members (excludes halogenated alkanes) is 19. The van der Waals surface area contributed by atoms with E-state index in [1.165, 1.54) is 57.8 Å². The van der Waals surface area contributed by atoms with Gasteiger partial charge in [0.15, 0.2) is 18.9 Å². The largest absolute Gasteiger partial charge is 0.394 e. The van der Waals surface area contributed by atoms with Gasteiger partial charge >= 0.3 is 0 Å². The molecule has 0 saturated carbocycles. The maximum Gasteiger partial charge on any atom is 0.220 e. The van der Waals surface area contributed by atoms with Gasteiger partial charge in [-0.3, -0.25) is 4.79 Å². The third-order valence-electron chi connectivity index (χ3n) is 15.3. The number of ether oxygens (including phenoxy) is 6. The van der Waals surface area contributed by atoms with Gasteiger partial charge in [-0.1, -0.05) is 189 Å². The van der Waals surface area contributed by atoms with Crippen molar-refractivity contribution in [3.8, 4) is 0 Å². The highest BCUT2D eigenvalue weighted by atomic mass is 16.8.